The number of nitro groups is 2. The fraction of sp³-hybridized carbons (Fsp3) is 0. The number of azo groups is 1. The summed E-state index contributed by atoms with van der Waals surface area (Å²) in [5, 5.41) is 28.4. The van der Waals surface area contributed by atoms with Crippen LogP contribution >= 0.6 is 11.3 Å². The molecule has 0 amide bonds. The SMILES string of the molecule is Nc1ccc(N=Nc2sc([N+](=O)[O-])cc2[N+](=O)[O-])cc1. The van der Waals surface area contributed by atoms with E-state index < -0.39 is 15.5 Å². The molecule has 0 atom stereocenters. The molecule has 2 N–H and O–H groups in total. The maximum absolute atomic E-state index is 10.8. The van der Waals surface area contributed by atoms with Gasteiger partial charge < -0.3 is 5.73 Å². The van der Waals surface area contributed by atoms with Gasteiger partial charge in [0.2, 0.25) is 5.00 Å². The molecular weight excluding hydrogens is 286 g/mol. The summed E-state index contributed by atoms with van der Waals surface area (Å²) in [6.07, 6.45) is 0. The van der Waals surface area contributed by atoms with Crippen LogP contribution in [0.5, 0.6) is 0 Å². The third-order valence-corrected chi connectivity index (χ3v) is 3.17. The number of hydrogen-bond acceptors (Lipinski definition) is 8. The number of rotatable bonds is 4. The molecule has 0 radical (unpaired) electrons. The van der Waals surface area contributed by atoms with Crippen molar-refractivity contribution in [3.8, 4) is 0 Å². The fourth-order valence-electron chi connectivity index (χ4n) is 1.30. The smallest absolute Gasteiger partial charge is 0.333 e. The molecule has 1 heterocycles. The summed E-state index contributed by atoms with van der Waals surface area (Å²) < 4.78 is 0. The van der Waals surface area contributed by atoms with Gasteiger partial charge in [0.15, 0.2) is 0 Å². The second kappa shape index (κ2) is 5.40. The van der Waals surface area contributed by atoms with E-state index in [0.717, 1.165) is 6.07 Å². The van der Waals surface area contributed by atoms with Gasteiger partial charge in [0.25, 0.3) is 0 Å². The molecule has 2 aromatic rings. The van der Waals surface area contributed by atoms with Crippen LogP contribution in [0, 0.1) is 20.2 Å². The van der Waals surface area contributed by atoms with Gasteiger partial charge in [-0.3, -0.25) is 20.2 Å². The first-order valence-corrected chi connectivity index (χ1v) is 5.99. The summed E-state index contributed by atoms with van der Waals surface area (Å²) in [5.74, 6) is 0. The van der Waals surface area contributed by atoms with E-state index in [1.165, 1.54) is 0 Å². The fourth-order valence-corrected chi connectivity index (χ4v) is 2.06. The Morgan fingerprint density at radius 2 is 1.70 bits per heavy atom. The first-order valence-electron chi connectivity index (χ1n) is 5.17. The zero-order valence-electron chi connectivity index (χ0n) is 9.79. The molecule has 2 rings (SSSR count). The second-order valence-electron chi connectivity index (χ2n) is 3.58. The van der Waals surface area contributed by atoms with Crippen molar-refractivity contribution in [1.82, 2.24) is 0 Å². The molecule has 0 saturated heterocycles. The maximum Gasteiger partial charge on any atom is 0.333 e. The zero-order valence-corrected chi connectivity index (χ0v) is 10.6. The number of thiophene rings is 1. The van der Waals surface area contributed by atoms with Crippen LogP contribution in [0.15, 0.2) is 40.6 Å². The van der Waals surface area contributed by atoms with Crippen molar-refractivity contribution >= 4 is 38.4 Å². The van der Waals surface area contributed by atoms with Gasteiger partial charge in [-0.2, -0.15) is 0 Å². The van der Waals surface area contributed by atoms with Gasteiger partial charge in [0, 0.05) is 5.69 Å². The van der Waals surface area contributed by atoms with Gasteiger partial charge >= 0.3 is 10.7 Å². The molecule has 0 aliphatic rings. The Morgan fingerprint density at radius 1 is 1.05 bits per heavy atom. The van der Waals surface area contributed by atoms with Gasteiger partial charge in [0.05, 0.1) is 15.5 Å². The van der Waals surface area contributed by atoms with Crippen molar-refractivity contribution in [3.63, 3.8) is 0 Å². The maximum atomic E-state index is 10.8. The lowest BCUT2D eigenvalue weighted by Gasteiger charge is -1.92. The quantitative estimate of drug-likeness (QED) is 0.397. The standard InChI is InChI=1S/C10H7N5O4S/c11-6-1-3-7(4-2-6)12-13-10-8(14(16)17)5-9(20-10)15(18)19/h1-5H,11H2. The van der Waals surface area contributed by atoms with E-state index >= 15 is 0 Å². The highest BCUT2D eigenvalue weighted by atomic mass is 32.1. The van der Waals surface area contributed by atoms with Crippen LogP contribution in [0.25, 0.3) is 0 Å². The third kappa shape index (κ3) is 2.92. The van der Waals surface area contributed by atoms with Crippen LogP contribution in [-0.4, -0.2) is 9.85 Å². The molecule has 102 valence electrons. The number of nitrogens with zero attached hydrogens (tertiary/aromatic N) is 4. The van der Waals surface area contributed by atoms with E-state index in [-0.39, 0.29) is 10.0 Å². The van der Waals surface area contributed by atoms with Crippen LogP contribution < -0.4 is 5.73 Å². The van der Waals surface area contributed by atoms with E-state index in [1.54, 1.807) is 24.3 Å². The van der Waals surface area contributed by atoms with Gasteiger partial charge in [-0.1, -0.05) is 0 Å². The van der Waals surface area contributed by atoms with Gasteiger partial charge in [-0.25, -0.2) is 0 Å². The number of nitrogen functional groups attached to an aromatic ring is 1. The van der Waals surface area contributed by atoms with Crippen LogP contribution in [-0.2, 0) is 0 Å². The minimum atomic E-state index is -0.735. The average Bonchev–Trinajstić information content (AvgIpc) is 2.82. The lowest BCUT2D eigenvalue weighted by Crippen LogP contribution is -1.85. The highest BCUT2D eigenvalue weighted by Crippen LogP contribution is 2.41. The van der Waals surface area contributed by atoms with Crippen molar-refractivity contribution in [2.24, 2.45) is 10.2 Å². The predicted molar refractivity (Wildman–Crippen MR) is 72.7 cm³/mol. The topological polar surface area (TPSA) is 137 Å². The van der Waals surface area contributed by atoms with Crippen molar-refractivity contribution in [2.45, 2.75) is 0 Å². The summed E-state index contributed by atoms with van der Waals surface area (Å²) in [4.78, 5) is 19.9. The number of anilines is 1. The van der Waals surface area contributed by atoms with Crippen molar-refractivity contribution in [1.29, 1.82) is 0 Å². The Hall–Kier alpha value is -2.88. The minimum absolute atomic E-state index is 0.126. The molecule has 0 aliphatic heterocycles. The third-order valence-electron chi connectivity index (χ3n) is 2.21. The van der Waals surface area contributed by atoms with E-state index in [0.29, 0.717) is 22.7 Å². The lowest BCUT2D eigenvalue weighted by molar-refractivity contribution is -0.389. The van der Waals surface area contributed by atoms with Crippen LogP contribution in [0.4, 0.5) is 27.1 Å². The van der Waals surface area contributed by atoms with Crippen molar-refractivity contribution in [2.75, 3.05) is 5.73 Å². The Morgan fingerprint density at radius 3 is 2.25 bits per heavy atom. The molecule has 9 nitrogen and oxygen atoms in total. The summed E-state index contributed by atoms with van der Waals surface area (Å²) in [5.41, 5.74) is 6.03. The number of benzene rings is 1. The van der Waals surface area contributed by atoms with Gasteiger partial charge in [0.1, 0.15) is 6.07 Å². The normalized spacial score (nSPS) is 10.8. The van der Waals surface area contributed by atoms with Crippen molar-refractivity contribution < 1.29 is 9.85 Å². The molecule has 0 unspecified atom stereocenters. The molecule has 0 fully saturated rings. The molecule has 0 saturated carbocycles. The van der Waals surface area contributed by atoms with Crippen LogP contribution in [0.3, 0.4) is 0 Å². The molecule has 1 aromatic carbocycles. The molecule has 1 aromatic heterocycles. The van der Waals surface area contributed by atoms with Crippen LogP contribution in [0.2, 0.25) is 0 Å². The summed E-state index contributed by atoms with van der Waals surface area (Å²) >= 11 is 0.592. The molecule has 0 bridgehead atoms. The minimum Gasteiger partial charge on any atom is -0.399 e. The number of hydrogen-bond donors (Lipinski definition) is 1. The van der Waals surface area contributed by atoms with Gasteiger partial charge in [-0.15, -0.1) is 10.2 Å². The predicted octanol–water partition coefficient (Wildman–Crippen LogP) is 3.56. The van der Waals surface area contributed by atoms with E-state index in [9.17, 15) is 20.2 Å². The Labute approximate surface area is 115 Å². The van der Waals surface area contributed by atoms with E-state index in [4.69, 9.17) is 5.73 Å². The largest absolute Gasteiger partial charge is 0.399 e. The highest BCUT2D eigenvalue weighted by Gasteiger charge is 2.25. The lowest BCUT2D eigenvalue weighted by atomic mass is 10.3. The molecule has 0 aliphatic carbocycles. The average molecular weight is 293 g/mol. The monoisotopic (exact) mass is 293 g/mol. The molecule has 10 heteroatoms. The zero-order chi connectivity index (χ0) is 14.7. The summed E-state index contributed by atoms with van der Waals surface area (Å²) in [6.45, 7) is 0. The number of nitrogens with two attached hydrogens (primary N) is 1. The summed E-state index contributed by atoms with van der Waals surface area (Å²) in [7, 11) is 0. The van der Waals surface area contributed by atoms with Crippen LogP contribution in [0.1, 0.15) is 0 Å². The Bertz CT molecular complexity index is 694. The van der Waals surface area contributed by atoms with E-state index in [1.807, 2.05) is 0 Å². The second-order valence-corrected chi connectivity index (χ2v) is 4.59. The first kappa shape index (κ1) is 13.5. The summed E-state index contributed by atoms with van der Waals surface area (Å²) in [6, 6.07) is 7.21. The molecule has 20 heavy (non-hydrogen) atoms. The van der Waals surface area contributed by atoms with Crippen molar-refractivity contribution in [3.05, 3.63) is 50.6 Å². The Kier molecular flexibility index (Phi) is 3.66. The highest BCUT2D eigenvalue weighted by molar-refractivity contribution is 7.19. The first-order chi connectivity index (χ1) is 9.47. The van der Waals surface area contributed by atoms with E-state index in [2.05, 4.69) is 10.2 Å². The molecule has 0 spiro atoms. The molecular formula is C10H7N5O4S. The van der Waals surface area contributed by atoms with Gasteiger partial charge in [-0.05, 0) is 35.6 Å². The Balaban J connectivity index is 2.34.